The van der Waals surface area contributed by atoms with Gasteiger partial charge in [-0.05, 0) is 42.3 Å². The van der Waals surface area contributed by atoms with E-state index in [1.165, 1.54) is 17.2 Å². The topological polar surface area (TPSA) is 106 Å². The van der Waals surface area contributed by atoms with Gasteiger partial charge in [0.25, 0.3) is 5.56 Å². The Balaban J connectivity index is 1.71. The van der Waals surface area contributed by atoms with Crippen molar-refractivity contribution in [1.82, 2.24) is 24.7 Å². The number of rotatable bonds is 7. The minimum absolute atomic E-state index is 0.253. The fourth-order valence-electron chi connectivity index (χ4n) is 3.20. The van der Waals surface area contributed by atoms with Gasteiger partial charge in [0.1, 0.15) is 11.6 Å². The van der Waals surface area contributed by atoms with Gasteiger partial charge in [0, 0.05) is 29.6 Å². The summed E-state index contributed by atoms with van der Waals surface area (Å²) in [6.45, 7) is 2.08. The van der Waals surface area contributed by atoms with Gasteiger partial charge < -0.3 is 9.72 Å². The Bertz CT molecular complexity index is 1280. The molecule has 0 unspecified atom stereocenters. The van der Waals surface area contributed by atoms with Crippen LogP contribution in [0.15, 0.2) is 69.3 Å². The molecule has 0 bridgehead atoms. The Hall–Kier alpha value is -3.59. The number of aromatic amines is 2. The number of aryl methyl sites for hydroxylation is 1. The molecule has 0 saturated carbocycles. The third kappa shape index (κ3) is 4.77. The van der Waals surface area contributed by atoms with Crippen molar-refractivity contribution in [2.24, 2.45) is 0 Å². The van der Waals surface area contributed by atoms with Crippen LogP contribution in [0.5, 0.6) is 5.75 Å². The minimum atomic E-state index is -0.549. The zero-order valence-electron chi connectivity index (χ0n) is 17.1. The Morgan fingerprint density at radius 1 is 1.03 bits per heavy atom. The second-order valence-corrected chi connectivity index (χ2v) is 7.88. The minimum Gasteiger partial charge on any atom is -0.497 e. The fraction of sp³-hybridized carbons (Fsp3) is 0.182. The van der Waals surface area contributed by atoms with Crippen LogP contribution in [-0.2, 0) is 12.2 Å². The highest BCUT2D eigenvalue weighted by molar-refractivity contribution is 7.98. The number of benzene rings is 2. The molecule has 0 spiro atoms. The van der Waals surface area contributed by atoms with E-state index in [9.17, 15) is 9.59 Å². The Kier molecular flexibility index (Phi) is 6.03. The molecule has 4 rings (SSSR count). The van der Waals surface area contributed by atoms with Crippen LogP contribution >= 0.6 is 11.8 Å². The molecule has 0 aliphatic heterocycles. The lowest BCUT2D eigenvalue weighted by Gasteiger charge is -2.11. The number of nitrogens with one attached hydrogen (secondary N) is 2. The summed E-state index contributed by atoms with van der Waals surface area (Å²) in [6.07, 6.45) is 0.253. The highest BCUT2D eigenvalue weighted by Gasteiger charge is 2.16. The normalized spacial score (nSPS) is 10.9. The maximum Gasteiger partial charge on any atom is 0.325 e. The van der Waals surface area contributed by atoms with Crippen molar-refractivity contribution in [2.75, 3.05) is 7.11 Å². The first-order chi connectivity index (χ1) is 15.0. The molecule has 2 heterocycles. The molecule has 0 saturated heterocycles. The predicted octanol–water partition coefficient (Wildman–Crippen LogP) is 2.84. The van der Waals surface area contributed by atoms with E-state index in [2.05, 4.69) is 39.2 Å². The predicted molar refractivity (Wildman–Crippen MR) is 119 cm³/mol. The molecule has 0 aliphatic rings. The molecule has 31 heavy (non-hydrogen) atoms. The van der Waals surface area contributed by atoms with Crippen LogP contribution in [0.4, 0.5) is 0 Å². The fourth-order valence-corrected chi connectivity index (χ4v) is 4.25. The van der Waals surface area contributed by atoms with Crippen LogP contribution in [0.25, 0.3) is 5.69 Å². The third-order valence-electron chi connectivity index (χ3n) is 4.81. The highest BCUT2D eigenvalue weighted by Crippen LogP contribution is 2.27. The van der Waals surface area contributed by atoms with Crippen LogP contribution in [0, 0.1) is 6.92 Å². The number of nitrogens with zero attached hydrogens (tertiary/aromatic N) is 3. The number of ether oxygens (including phenoxy) is 1. The average Bonchev–Trinajstić information content (AvgIpc) is 3.14. The molecule has 0 radical (unpaired) electrons. The smallest absolute Gasteiger partial charge is 0.325 e. The van der Waals surface area contributed by atoms with Crippen molar-refractivity contribution >= 4 is 11.8 Å². The largest absolute Gasteiger partial charge is 0.497 e. The van der Waals surface area contributed by atoms with Crippen LogP contribution in [-0.4, -0.2) is 31.8 Å². The van der Waals surface area contributed by atoms with Crippen LogP contribution in [0.3, 0.4) is 0 Å². The summed E-state index contributed by atoms with van der Waals surface area (Å²) in [4.78, 5) is 28.2. The van der Waals surface area contributed by atoms with Gasteiger partial charge >= 0.3 is 5.69 Å². The summed E-state index contributed by atoms with van der Waals surface area (Å²) in [5, 5.41) is 9.46. The third-order valence-corrected chi connectivity index (χ3v) is 5.79. The van der Waals surface area contributed by atoms with Crippen molar-refractivity contribution in [3.63, 3.8) is 0 Å². The first kappa shape index (κ1) is 20.7. The van der Waals surface area contributed by atoms with Gasteiger partial charge in [-0.2, -0.15) is 0 Å². The Labute approximate surface area is 182 Å². The van der Waals surface area contributed by atoms with E-state index in [0.29, 0.717) is 11.5 Å². The summed E-state index contributed by atoms with van der Waals surface area (Å²) in [5.74, 6) is 2.09. The number of thioether (sulfide) groups is 1. The number of H-pyrrole nitrogens is 2. The molecule has 9 heteroatoms. The SMILES string of the molecule is COc1ccc(-n2c(Cc3cc(=O)[nH]c(=O)[nH]3)nnc2SCc2ccccc2C)cc1. The van der Waals surface area contributed by atoms with Gasteiger partial charge in [-0.1, -0.05) is 36.0 Å². The summed E-state index contributed by atoms with van der Waals surface area (Å²) >= 11 is 1.58. The molecule has 2 N–H and O–H groups in total. The van der Waals surface area contributed by atoms with Gasteiger partial charge in [-0.25, -0.2) is 4.79 Å². The lowest BCUT2D eigenvalue weighted by atomic mass is 10.1. The van der Waals surface area contributed by atoms with Crippen molar-refractivity contribution in [2.45, 2.75) is 24.3 Å². The molecule has 0 amide bonds. The van der Waals surface area contributed by atoms with Gasteiger partial charge in [0.05, 0.1) is 7.11 Å². The Morgan fingerprint density at radius 2 is 1.81 bits per heavy atom. The maximum atomic E-state index is 11.7. The lowest BCUT2D eigenvalue weighted by molar-refractivity contribution is 0.414. The monoisotopic (exact) mass is 435 g/mol. The zero-order chi connectivity index (χ0) is 21.8. The average molecular weight is 436 g/mol. The summed E-state index contributed by atoms with van der Waals surface area (Å²) in [6, 6.07) is 17.1. The van der Waals surface area contributed by atoms with E-state index in [4.69, 9.17) is 4.74 Å². The van der Waals surface area contributed by atoms with E-state index in [1.807, 2.05) is 41.0 Å². The van der Waals surface area contributed by atoms with Crippen molar-refractivity contribution in [1.29, 1.82) is 0 Å². The van der Waals surface area contributed by atoms with E-state index < -0.39 is 11.2 Å². The first-order valence-electron chi connectivity index (χ1n) is 9.62. The van der Waals surface area contributed by atoms with Crippen molar-refractivity contribution in [3.8, 4) is 11.4 Å². The second-order valence-electron chi connectivity index (χ2n) is 6.94. The highest BCUT2D eigenvalue weighted by atomic mass is 32.2. The molecule has 4 aromatic rings. The molecule has 2 aromatic heterocycles. The molecule has 158 valence electrons. The lowest BCUT2D eigenvalue weighted by Crippen LogP contribution is -2.23. The molecule has 8 nitrogen and oxygen atoms in total. The molecular weight excluding hydrogens is 414 g/mol. The first-order valence-corrected chi connectivity index (χ1v) is 10.6. The van der Waals surface area contributed by atoms with Crippen molar-refractivity contribution < 1.29 is 4.74 Å². The van der Waals surface area contributed by atoms with E-state index in [1.54, 1.807) is 18.9 Å². The summed E-state index contributed by atoms with van der Waals surface area (Å²) in [7, 11) is 1.62. The second kappa shape index (κ2) is 9.05. The van der Waals surface area contributed by atoms with Gasteiger partial charge in [0.2, 0.25) is 0 Å². The van der Waals surface area contributed by atoms with Gasteiger partial charge in [-0.3, -0.25) is 14.3 Å². The van der Waals surface area contributed by atoms with Crippen LogP contribution in [0.1, 0.15) is 22.6 Å². The molecule has 0 atom stereocenters. The number of methoxy groups -OCH3 is 1. The zero-order valence-corrected chi connectivity index (χ0v) is 17.9. The summed E-state index contributed by atoms with van der Waals surface area (Å²) in [5.41, 5.74) is 2.76. The standard InChI is InChI=1S/C22H21N5O3S/c1-14-5-3-4-6-15(14)13-31-22-26-25-19(11-16-12-20(28)24-21(29)23-16)27(22)17-7-9-18(30-2)10-8-17/h3-10,12H,11,13H2,1-2H3,(H2,23,24,28,29). The van der Waals surface area contributed by atoms with E-state index in [0.717, 1.165) is 22.3 Å². The Morgan fingerprint density at radius 3 is 2.52 bits per heavy atom. The van der Waals surface area contributed by atoms with Crippen molar-refractivity contribution in [3.05, 3.63) is 98.1 Å². The quantitative estimate of drug-likeness (QED) is 0.433. The number of hydrogen-bond donors (Lipinski definition) is 2. The van der Waals surface area contributed by atoms with Crippen LogP contribution < -0.4 is 16.0 Å². The van der Waals surface area contributed by atoms with E-state index >= 15 is 0 Å². The molecule has 0 aliphatic carbocycles. The van der Waals surface area contributed by atoms with Gasteiger partial charge in [-0.15, -0.1) is 10.2 Å². The molecule has 0 fully saturated rings. The maximum absolute atomic E-state index is 11.7. The molecule has 2 aromatic carbocycles. The number of hydrogen-bond acceptors (Lipinski definition) is 6. The molecular formula is C22H21N5O3S. The van der Waals surface area contributed by atoms with E-state index in [-0.39, 0.29) is 6.42 Å². The number of aromatic nitrogens is 5. The van der Waals surface area contributed by atoms with Crippen LogP contribution in [0.2, 0.25) is 0 Å². The summed E-state index contributed by atoms with van der Waals surface area (Å²) < 4.78 is 7.20. The van der Waals surface area contributed by atoms with Gasteiger partial charge in [0.15, 0.2) is 5.16 Å².